The number of sulfone groups is 1. The SMILES string of the molecule is Cc1cc(SCC2=C(OC(=O)O)N3C(=O)[C@@H](NC(=O)/C(=N\OCS(=O)(=O)c4ccc(O)c(O)c4)c4csc(N)n4)[C@H]3SC2)n2nc(C)cc2n1. The van der Waals surface area contributed by atoms with Crippen LogP contribution >= 0.6 is 34.9 Å². The minimum absolute atomic E-state index is 0.0634. The van der Waals surface area contributed by atoms with Crippen LogP contribution in [0.25, 0.3) is 5.65 Å². The summed E-state index contributed by atoms with van der Waals surface area (Å²) in [5, 5.41) is 40.8. The Morgan fingerprint density at radius 2 is 1.94 bits per heavy atom. The molecule has 6 rings (SSSR count). The van der Waals surface area contributed by atoms with Crippen molar-refractivity contribution in [3.05, 3.63) is 64.2 Å². The van der Waals surface area contributed by atoms with Crippen LogP contribution in [0.1, 0.15) is 17.1 Å². The normalized spacial score (nSPS) is 17.8. The van der Waals surface area contributed by atoms with E-state index in [4.69, 9.17) is 15.3 Å². The van der Waals surface area contributed by atoms with Gasteiger partial charge in [-0.3, -0.25) is 14.5 Å². The number of carbonyl (C=O) groups excluding carboxylic acids is 2. The number of aromatic hydroxyl groups is 2. The predicted octanol–water partition coefficient (Wildman–Crippen LogP) is 2.05. The molecule has 5 heterocycles. The molecule has 2 aliphatic rings. The van der Waals surface area contributed by atoms with Gasteiger partial charge < -0.3 is 35.9 Å². The summed E-state index contributed by atoms with van der Waals surface area (Å²) < 4.78 is 32.2. The van der Waals surface area contributed by atoms with Crippen molar-refractivity contribution in [2.24, 2.45) is 5.16 Å². The Bertz CT molecular complexity index is 2220. The molecule has 0 spiro atoms. The monoisotopic (exact) mass is 762 g/mol. The number of anilines is 1. The van der Waals surface area contributed by atoms with Gasteiger partial charge in [-0.2, -0.15) is 5.10 Å². The Hall–Kier alpha value is -5.06. The number of phenols is 2. The molecule has 0 radical (unpaired) electrons. The highest BCUT2D eigenvalue weighted by Gasteiger charge is 2.54. The number of carbonyl (C=O) groups is 3. The van der Waals surface area contributed by atoms with Gasteiger partial charge in [-0.25, -0.2) is 27.7 Å². The first-order valence-electron chi connectivity index (χ1n) is 14.2. The zero-order valence-electron chi connectivity index (χ0n) is 25.8. The molecule has 2 aliphatic heterocycles. The van der Waals surface area contributed by atoms with E-state index in [-0.39, 0.29) is 33.1 Å². The number of amides is 2. The van der Waals surface area contributed by atoms with E-state index in [0.29, 0.717) is 11.2 Å². The number of nitrogen functional groups attached to an aromatic ring is 1. The number of nitrogens with one attached hydrogen (secondary N) is 1. The van der Waals surface area contributed by atoms with E-state index >= 15 is 0 Å². The molecule has 50 heavy (non-hydrogen) atoms. The summed E-state index contributed by atoms with van der Waals surface area (Å²) in [4.78, 5) is 52.8. The number of carboxylic acid groups (broad SMARTS) is 1. The second-order valence-electron chi connectivity index (χ2n) is 10.7. The Labute approximate surface area is 294 Å². The van der Waals surface area contributed by atoms with Gasteiger partial charge in [0.25, 0.3) is 11.8 Å². The van der Waals surface area contributed by atoms with Crippen molar-refractivity contribution in [2.75, 3.05) is 23.2 Å². The maximum absolute atomic E-state index is 13.5. The first-order chi connectivity index (χ1) is 23.7. The second kappa shape index (κ2) is 13.7. The number of benzene rings is 1. The lowest BCUT2D eigenvalue weighted by Crippen LogP contribution is -2.70. The van der Waals surface area contributed by atoms with Crippen LogP contribution in [-0.4, -0.2) is 101 Å². The molecule has 0 saturated carbocycles. The van der Waals surface area contributed by atoms with Gasteiger partial charge in [-0.1, -0.05) is 5.16 Å². The highest BCUT2D eigenvalue weighted by atomic mass is 32.2. The van der Waals surface area contributed by atoms with Gasteiger partial charge in [-0.05, 0) is 32.0 Å². The van der Waals surface area contributed by atoms with Gasteiger partial charge in [0.15, 0.2) is 28.0 Å². The molecule has 0 bridgehead atoms. The molecule has 2 atom stereocenters. The summed E-state index contributed by atoms with van der Waals surface area (Å²) >= 11 is 3.61. The molecule has 262 valence electrons. The number of ether oxygens (including phenoxy) is 1. The average molecular weight is 763 g/mol. The lowest BCUT2D eigenvalue weighted by Gasteiger charge is -2.49. The quantitative estimate of drug-likeness (QED) is 0.0278. The van der Waals surface area contributed by atoms with E-state index in [1.165, 1.54) is 28.9 Å². The van der Waals surface area contributed by atoms with Gasteiger partial charge in [0, 0.05) is 40.3 Å². The number of hydrogen-bond acceptors (Lipinski definition) is 17. The maximum atomic E-state index is 13.5. The van der Waals surface area contributed by atoms with Gasteiger partial charge in [0.05, 0.1) is 10.6 Å². The van der Waals surface area contributed by atoms with E-state index < -0.39 is 62.4 Å². The van der Waals surface area contributed by atoms with Crippen LogP contribution in [-0.2, 0) is 29.0 Å². The van der Waals surface area contributed by atoms with Crippen LogP contribution in [0, 0.1) is 13.8 Å². The second-order valence-corrected chi connectivity index (χ2v) is 15.7. The zero-order valence-corrected chi connectivity index (χ0v) is 29.1. The number of hydrogen-bond donors (Lipinski definition) is 5. The lowest BCUT2D eigenvalue weighted by molar-refractivity contribution is -0.148. The van der Waals surface area contributed by atoms with Crippen LogP contribution in [0.15, 0.2) is 62.2 Å². The number of aryl methyl sites for hydroxylation is 2. The first kappa shape index (κ1) is 34.8. The Kier molecular flexibility index (Phi) is 9.52. The summed E-state index contributed by atoms with van der Waals surface area (Å²) in [6, 6.07) is 5.38. The van der Waals surface area contributed by atoms with Crippen molar-refractivity contribution in [3.63, 3.8) is 0 Å². The molecular formula is C28H26N8O10S4. The number of nitrogens with zero attached hydrogens (tertiary/aromatic N) is 6. The molecule has 0 unspecified atom stereocenters. The molecule has 22 heteroatoms. The summed E-state index contributed by atoms with van der Waals surface area (Å²) in [7, 11) is -4.21. The summed E-state index contributed by atoms with van der Waals surface area (Å²) in [6.45, 7) is 3.68. The number of phenolic OH excluding ortho intramolecular Hbond substituents is 2. The van der Waals surface area contributed by atoms with E-state index in [0.717, 1.165) is 50.8 Å². The minimum Gasteiger partial charge on any atom is -0.504 e. The third-order valence-electron chi connectivity index (χ3n) is 7.15. The third-order valence-corrected chi connectivity index (χ3v) is 11.6. The van der Waals surface area contributed by atoms with Crippen molar-refractivity contribution in [1.82, 2.24) is 29.8 Å². The van der Waals surface area contributed by atoms with Crippen molar-refractivity contribution in [2.45, 2.75) is 35.2 Å². The van der Waals surface area contributed by atoms with E-state index in [2.05, 4.69) is 25.5 Å². The van der Waals surface area contributed by atoms with Gasteiger partial charge in [0.2, 0.25) is 21.7 Å². The number of β-lactam (4-membered cyclic amide) rings is 1. The van der Waals surface area contributed by atoms with Crippen molar-refractivity contribution < 1.29 is 47.7 Å². The molecular weight excluding hydrogens is 737 g/mol. The van der Waals surface area contributed by atoms with E-state index in [1.807, 2.05) is 26.0 Å². The number of aromatic nitrogens is 4. The van der Waals surface area contributed by atoms with Crippen LogP contribution < -0.4 is 11.1 Å². The van der Waals surface area contributed by atoms with Crippen molar-refractivity contribution in [3.8, 4) is 11.5 Å². The standard InChI is InChI=1S/C28H26N8O10S4/c1-12-6-20(36-19(30-12)5-13(2)33-36)47-8-14-9-48-26-22(24(40)35(26)25(14)46-28(41)42)32-23(39)21(16-10-49-27(29)31-16)34-45-11-50(43,44)15-3-4-17(37)18(38)7-15/h3-7,10,22,26,37-38H,8-9,11H2,1-2H3,(H2,29,31)(H,32,39)(H,41,42)/b34-21-/t22-,26-/m1/s1. The largest absolute Gasteiger partial charge is 0.512 e. The smallest absolute Gasteiger partial charge is 0.504 e. The molecule has 1 aromatic carbocycles. The zero-order chi connectivity index (χ0) is 35.9. The number of thiazole rings is 1. The van der Waals surface area contributed by atoms with Crippen LogP contribution in [0.5, 0.6) is 11.5 Å². The fourth-order valence-corrected chi connectivity index (χ4v) is 8.84. The molecule has 0 aliphatic carbocycles. The highest BCUT2D eigenvalue weighted by molar-refractivity contribution is 8.01. The van der Waals surface area contributed by atoms with E-state index in [1.54, 1.807) is 4.52 Å². The molecule has 2 amide bonds. The molecule has 3 aromatic heterocycles. The van der Waals surface area contributed by atoms with Gasteiger partial charge in [0.1, 0.15) is 22.1 Å². The summed E-state index contributed by atoms with van der Waals surface area (Å²) in [6.07, 6.45) is -1.62. The number of thioether (sulfide) groups is 2. The summed E-state index contributed by atoms with van der Waals surface area (Å²) in [5.74, 6) is -3.50. The fraction of sp³-hybridized carbons (Fsp3) is 0.250. The van der Waals surface area contributed by atoms with Gasteiger partial charge >= 0.3 is 6.16 Å². The third kappa shape index (κ3) is 6.99. The van der Waals surface area contributed by atoms with Gasteiger partial charge in [-0.15, -0.1) is 34.9 Å². The number of nitrogens with two attached hydrogens (primary N) is 1. The predicted molar refractivity (Wildman–Crippen MR) is 180 cm³/mol. The van der Waals surface area contributed by atoms with Crippen molar-refractivity contribution >= 4 is 79.2 Å². The summed E-state index contributed by atoms with van der Waals surface area (Å²) in [5.41, 5.74) is 7.89. The fourth-order valence-electron chi connectivity index (χ4n) is 4.89. The number of fused-ring (bicyclic) bond motifs is 2. The average Bonchev–Trinajstić information content (AvgIpc) is 3.65. The Balaban J connectivity index is 1.19. The van der Waals surface area contributed by atoms with Crippen molar-refractivity contribution in [1.29, 1.82) is 0 Å². The Morgan fingerprint density at radius 3 is 2.64 bits per heavy atom. The van der Waals surface area contributed by atoms with Crippen LogP contribution in [0.4, 0.5) is 9.93 Å². The number of oxime groups is 1. The maximum Gasteiger partial charge on any atom is 0.512 e. The first-order valence-corrected chi connectivity index (χ1v) is 18.8. The van der Waals surface area contributed by atoms with Crippen LogP contribution in [0.3, 0.4) is 0 Å². The topological polar surface area (TPSA) is 261 Å². The highest BCUT2D eigenvalue weighted by Crippen LogP contribution is 2.42. The van der Waals surface area contributed by atoms with Crippen LogP contribution in [0.2, 0.25) is 0 Å². The number of rotatable bonds is 11. The lowest BCUT2D eigenvalue weighted by atomic mass is 10.1. The molecule has 18 nitrogen and oxygen atoms in total. The van der Waals surface area contributed by atoms with E-state index in [9.17, 15) is 38.1 Å². The Morgan fingerprint density at radius 1 is 1.16 bits per heavy atom. The minimum atomic E-state index is -4.21. The molecule has 1 saturated heterocycles. The molecule has 6 N–H and O–H groups in total. The molecule has 1 fully saturated rings. The molecule has 4 aromatic rings.